The molecule has 1 amide bonds. The number of rotatable bonds is 5. The Kier molecular flexibility index (Phi) is 5.30. The van der Waals surface area contributed by atoms with Crippen molar-refractivity contribution >= 4 is 23.5 Å². The molecule has 4 nitrogen and oxygen atoms in total. The molecule has 0 aliphatic carbocycles. The molecule has 0 radical (unpaired) electrons. The molecule has 2 N–H and O–H groups in total. The van der Waals surface area contributed by atoms with Crippen molar-refractivity contribution in [2.75, 3.05) is 0 Å². The fourth-order valence-electron chi connectivity index (χ4n) is 1.58. The Labute approximate surface area is 115 Å². The van der Waals surface area contributed by atoms with E-state index < -0.39 is 23.7 Å². The maximum atomic E-state index is 13.6. The van der Waals surface area contributed by atoms with Crippen LogP contribution in [0, 0.1) is 11.7 Å². The van der Waals surface area contributed by atoms with E-state index in [2.05, 4.69) is 5.32 Å². The lowest BCUT2D eigenvalue weighted by Gasteiger charge is -2.20. The van der Waals surface area contributed by atoms with Gasteiger partial charge in [0.25, 0.3) is 5.91 Å². The number of hydrogen-bond acceptors (Lipinski definition) is 2. The zero-order valence-electron chi connectivity index (χ0n) is 10.6. The van der Waals surface area contributed by atoms with Crippen LogP contribution in [-0.2, 0) is 4.79 Å². The zero-order valence-corrected chi connectivity index (χ0v) is 11.4. The number of carbonyl (C=O) groups excluding carboxylic acids is 1. The highest BCUT2D eigenvalue weighted by atomic mass is 35.5. The summed E-state index contributed by atoms with van der Waals surface area (Å²) in [5.41, 5.74) is -0.262. The first kappa shape index (κ1) is 15.4. The molecule has 0 fully saturated rings. The van der Waals surface area contributed by atoms with Crippen LogP contribution in [0.4, 0.5) is 4.39 Å². The summed E-state index contributed by atoms with van der Waals surface area (Å²) < 4.78 is 13.6. The van der Waals surface area contributed by atoms with Crippen LogP contribution in [0.3, 0.4) is 0 Å². The van der Waals surface area contributed by atoms with Crippen molar-refractivity contribution < 1.29 is 19.1 Å². The molecule has 104 valence electrons. The van der Waals surface area contributed by atoms with Gasteiger partial charge in [0.05, 0.1) is 10.6 Å². The molecule has 1 aromatic rings. The van der Waals surface area contributed by atoms with E-state index in [4.69, 9.17) is 16.7 Å². The van der Waals surface area contributed by atoms with Gasteiger partial charge in [-0.2, -0.15) is 0 Å². The first-order valence-electron chi connectivity index (χ1n) is 5.86. The average Bonchev–Trinajstić information content (AvgIpc) is 2.37. The van der Waals surface area contributed by atoms with Gasteiger partial charge in [0.2, 0.25) is 0 Å². The minimum atomic E-state index is -1.15. The van der Waals surface area contributed by atoms with Crippen molar-refractivity contribution in [2.45, 2.75) is 26.3 Å². The van der Waals surface area contributed by atoms with Crippen molar-refractivity contribution in [3.63, 3.8) is 0 Å². The van der Waals surface area contributed by atoms with E-state index in [0.29, 0.717) is 6.42 Å². The molecule has 0 aliphatic heterocycles. The molecule has 19 heavy (non-hydrogen) atoms. The number of halogens is 2. The number of hydrogen-bond donors (Lipinski definition) is 2. The number of carbonyl (C=O) groups is 2. The molecule has 2 atom stereocenters. The Morgan fingerprint density at radius 2 is 2.11 bits per heavy atom. The number of carboxylic acids is 1. The molecule has 0 heterocycles. The third-order valence-electron chi connectivity index (χ3n) is 2.96. The molecular weight excluding hydrogens is 273 g/mol. The van der Waals surface area contributed by atoms with Crippen LogP contribution in [0.1, 0.15) is 30.6 Å². The van der Waals surface area contributed by atoms with Crippen LogP contribution in [0.25, 0.3) is 0 Å². The van der Waals surface area contributed by atoms with Crippen LogP contribution in [0.2, 0.25) is 5.02 Å². The summed E-state index contributed by atoms with van der Waals surface area (Å²) in [4.78, 5) is 23.0. The molecule has 0 saturated heterocycles. The molecule has 0 aliphatic rings. The highest BCUT2D eigenvalue weighted by Gasteiger charge is 2.26. The Morgan fingerprint density at radius 1 is 1.47 bits per heavy atom. The van der Waals surface area contributed by atoms with Gasteiger partial charge in [-0.15, -0.1) is 0 Å². The van der Waals surface area contributed by atoms with Gasteiger partial charge in [-0.3, -0.25) is 4.79 Å². The molecule has 0 unspecified atom stereocenters. The minimum absolute atomic E-state index is 0.178. The first-order valence-corrected chi connectivity index (χ1v) is 6.24. The monoisotopic (exact) mass is 287 g/mol. The van der Waals surface area contributed by atoms with Crippen LogP contribution in [-0.4, -0.2) is 23.0 Å². The van der Waals surface area contributed by atoms with Crippen molar-refractivity contribution in [2.24, 2.45) is 5.92 Å². The first-order chi connectivity index (χ1) is 8.88. The second kappa shape index (κ2) is 6.52. The Bertz CT molecular complexity index is 493. The topological polar surface area (TPSA) is 66.4 Å². The minimum Gasteiger partial charge on any atom is -0.480 e. The summed E-state index contributed by atoms with van der Waals surface area (Å²) in [5.74, 6) is -3.04. The lowest BCUT2D eigenvalue weighted by molar-refractivity contribution is -0.140. The summed E-state index contributed by atoms with van der Waals surface area (Å²) in [7, 11) is 0. The standard InChI is InChI=1S/C13H15ClFNO3/c1-3-7(2)11(13(18)19)16-12(17)8-5-4-6-9(14)10(8)15/h4-7,11H,3H2,1-2H3,(H,16,17)(H,18,19)/t7-,11-/m0/s1. The van der Waals surface area contributed by atoms with E-state index in [1.54, 1.807) is 6.92 Å². The molecule has 0 aromatic heterocycles. The third kappa shape index (κ3) is 3.67. The smallest absolute Gasteiger partial charge is 0.326 e. The molecule has 1 rings (SSSR count). The molecule has 0 bridgehead atoms. The van der Waals surface area contributed by atoms with E-state index in [1.807, 2.05) is 6.92 Å². The lowest BCUT2D eigenvalue weighted by atomic mass is 9.99. The second-order valence-electron chi connectivity index (χ2n) is 4.28. The fourth-order valence-corrected chi connectivity index (χ4v) is 1.76. The average molecular weight is 288 g/mol. The molecule has 0 saturated carbocycles. The van der Waals surface area contributed by atoms with Crippen LogP contribution >= 0.6 is 11.6 Å². The van der Waals surface area contributed by atoms with Gasteiger partial charge >= 0.3 is 5.97 Å². The number of aliphatic carboxylic acids is 1. The van der Waals surface area contributed by atoms with Crippen molar-refractivity contribution in [1.82, 2.24) is 5.32 Å². The Hall–Kier alpha value is -1.62. The summed E-state index contributed by atoms with van der Waals surface area (Å²) in [6, 6.07) is 2.94. The molecule has 0 spiro atoms. The van der Waals surface area contributed by atoms with Crippen molar-refractivity contribution in [3.8, 4) is 0 Å². The maximum absolute atomic E-state index is 13.6. The second-order valence-corrected chi connectivity index (χ2v) is 4.68. The van der Waals surface area contributed by atoms with Gasteiger partial charge in [0, 0.05) is 0 Å². The van der Waals surface area contributed by atoms with Crippen LogP contribution in [0.5, 0.6) is 0 Å². The lowest BCUT2D eigenvalue weighted by Crippen LogP contribution is -2.45. The van der Waals surface area contributed by atoms with Crippen molar-refractivity contribution in [1.29, 1.82) is 0 Å². The molecule has 1 aromatic carbocycles. The highest BCUT2D eigenvalue weighted by Crippen LogP contribution is 2.18. The van der Waals surface area contributed by atoms with Gasteiger partial charge in [0.15, 0.2) is 5.82 Å². The van der Waals surface area contributed by atoms with Gasteiger partial charge in [-0.05, 0) is 18.1 Å². The molecule has 6 heteroatoms. The van der Waals surface area contributed by atoms with Crippen LogP contribution < -0.4 is 5.32 Å². The number of amides is 1. The Balaban J connectivity index is 2.94. The van der Waals surface area contributed by atoms with E-state index in [-0.39, 0.29) is 16.5 Å². The SMILES string of the molecule is CC[C@H](C)[C@H](NC(=O)c1cccc(Cl)c1F)C(=O)O. The largest absolute Gasteiger partial charge is 0.480 e. The summed E-state index contributed by atoms with van der Waals surface area (Å²) in [6.07, 6.45) is 0.579. The van der Waals surface area contributed by atoms with E-state index in [1.165, 1.54) is 18.2 Å². The quantitative estimate of drug-likeness (QED) is 0.875. The third-order valence-corrected chi connectivity index (χ3v) is 3.25. The van der Waals surface area contributed by atoms with Gasteiger partial charge in [-0.25, -0.2) is 9.18 Å². The van der Waals surface area contributed by atoms with E-state index in [0.717, 1.165) is 0 Å². The van der Waals surface area contributed by atoms with Crippen LogP contribution in [0.15, 0.2) is 18.2 Å². The predicted octanol–water partition coefficient (Wildman–Crippen LogP) is 2.71. The van der Waals surface area contributed by atoms with E-state index in [9.17, 15) is 14.0 Å². The van der Waals surface area contributed by atoms with Gasteiger partial charge in [0.1, 0.15) is 6.04 Å². The molecular formula is C13H15ClFNO3. The normalized spacial score (nSPS) is 13.7. The maximum Gasteiger partial charge on any atom is 0.326 e. The number of carboxylic acid groups (broad SMARTS) is 1. The Morgan fingerprint density at radius 3 is 2.63 bits per heavy atom. The van der Waals surface area contributed by atoms with E-state index >= 15 is 0 Å². The fraction of sp³-hybridized carbons (Fsp3) is 0.385. The van der Waals surface area contributed by atoms with Gasteiger partial charge < -0.3 is 10.4 Å². The summed E-state index contributed by atoms with van der Waals surface area (Å²) in [5, 5.41) is 11.2. The van der Waals surface area contributed by atoms with Gasteiger partial charge in [-0.1, -0.05) is 37.9 Å². The van der Waals surface area contributed by atoms with Crippen molar-refractivity contribution in [3.05, 3.63) is 34.6 Å². The number of nitrogens with one attached hydrogen (secondary N) is 1. The number of benzene rings is 1. The summed E-state index contributed by atoms with van der Waals surface area (Å²) in [6.45, 7) is 3.51. The predicted molar refractivity (Wildman–Crippen MR) is 69.8 cm³/mol. The zero-order chi connectivity index (χ0) is 14.6. The summed E-state index contributed by atoms with van der Waals surface area (Å²) >= 11 is 5.58. The highest BCUT2D eigenvalue weighted by molar-refractivity contribution is 6.31.